The van der Waals surface area contributed by atoms with Gasteiger partial charge in [-0.15, -0.1) is 11.3 Å². The highest BCUT2D eigenvalue weighted by molar-refractivity contribution is 7.89. The molecule has 5 nitrogen and oxygen atoms in total. The van der Waals surface area contributed by atoms with Crippen LogP contribution in [-0.4, -0.2) is 14.3 Å². The van der Waals surface area contributed by atoms with Gasteiger partial charge in [-0.05, 0) is 24.3 Å². The van der Waals surface area contributed by atoms with Crippen molar-refractivity contribution in [3.8, 4) is 5.75 Å². The highest BCUT2D eigenvalue weighted by Crippen LogP contribution is 2.31. The van der Waals surface area contributed by atoms with Crippen molar-refractivity contribution >= 4 is 44.7 Å². The monoisotopic (exact) mass is 331 g/mol. The van der Waals surface area contributed by atoms with Gasteiger partial charge in [0.05, 0.1) is 10.0 Å². The van der Waals surface area contributed by atoms with E-state index in [-0.39, 0.29) is 21.6 Å². The lowest BCUT2D eigenvalue weighted by molar-refractivity contribution is -0.114. The average Bonchev–Trinajstić information content (AvgIpc) is 2.78. The second kappa shape index (κ2) is 5.82. The maximum Gasteiger partial charge on any atom is 0.348 e. The van der Waals surface area contributed by atoms with E-state index >= 15 is 0 Å². The van der Waals surface area contributed by atoms with E-state index in [1.54, 1.807) is 18.2 Å². The number of carbonyl (C=O) groups is 1. The summed E-state index contributed by atoms with van der Waals surface area (Å²) in [6, 6.07) is 9.11. The van der Waals surface area contributed by atoms with Crippen molar-refractivity contribution in [1.82, 2.24) is 0 Å². The molecule has 0 spiro atoms. The quantitative estimate of drug-likeness (QED) is 0.874. The number of thiophene rings is 1. The lowest BCUT2D eigenvalue weighted by Crippen LogP contribution is -2.12. The summed E-state index contributed by atoms with van der Waals surface area (Å²) < 4.78 is 29.5. The van der Waals surface area contributed by atoms with Gasteiger partial charge in [-0.25, -0.2) is 0 Å². The topological polar surface area (TPSA) is 72.5 Å². The first-order chi connectivity index (χ1) is 9.38. The van der Waals surface area contributed by atoms with Crippen molar-refractivity contribution in [3.63, 3.8) is 0 Å². The predicted molar refractivity (Wildman–Crippen MR) is 77.9 cm³/mol. The molecule has 0 aliphatic heterocycles. The molecule has 2 rings (SSSR count). The Morgan fingerprint density at radius 2 is 1.95 bits per heavy atom. The van der Waals surface area contributed by atoms with E-state index in [9.17, 15) is 13.2 Å². The first kappa shape index (κ1) is 14.8. The number of halogens is 1. The normalized spacial score (nSPS) is 11.1. The summed E-state index contributed by atoms with van der Waals surface area (Å²) in [6.45, 7) is 1.32. The van der Waals surface area contributed by atoms with E-state index in [2.05, 4.69) is 5.32 Å². The van der Waals surface area contributed by atoms with Crippen LogP contribution in [0.4, 0.5) is 5.69 Å². The Labute approximate surface area is 125 Å². The van der Waals surface area contributed by atoms with Crippen LogP contribution < -0.4 is 9.50 Å². The van der Waals surface area contributed by atoms with E-state index in [4.69, 9.17) is 15.8 Å². The molecular weight excluding hydrogens is 322 g/mol. The lowest BCUT2D eigenvalue weighted by atomic mass is 10.3. The SMILES string of the molecule is CC(=O)Nc1ccccc1OS(=O)(=O)c1ccc(Cl)s1. The number of hydrogen-bond acceptors (Lipinski definition) is 5. The summed E-state index contributed by atoms with van der Waals surface area (Å²) in [4.78, 5) is 11.1. The summed E-state index contributed by atoms with van der Waals surface area (Å²) in [5.74, 6) is -0.273. The van der Waals surface area contributed by atoms with Gasteiger partial charge in [0.1, 0.15) is 0 Å². The number of hydrogen-bond donors (Lipinski definition) is 1. The second-order valence-electron chi connectivity index (χ2n) is 3.77. The highest BCUT2D eigenvalue weighted by Gasteiger charge is 2.20. The maximum absolute atomic E-state index is 12.1. The predicted octanol–water partition coefficient (Wildman–Crippen LogP) is 3.13. The van der Waals surface area contributed by atoms with Gasteiger partial charge in [-0.2, -0.15) is 8.42 Å². The van der Waals surface area contributed by atoms with Gasteiger partial charge in [0.25, 0.3) is 0 Å². The smallest absolute Gasteiger partial charge is 0.348 e. The minimum absolute atomic E-state index is 0.000119. The number of rotatable bonds is 4. The third kappa shape index (κ3) is 3.50. The maximum atomic E-state index is 12.1. The van der Waals surface area contributed by atoms with E-state index in [0.717, 1.165) is 11.3 Å². The molecule has 2 aromatic rings. The fourth-order valence-electron chi connectivity index (χ4n) is 1.42. The Bertz CT molecular complexity index is 739. The van der Waals surface area contributed by atoms with Crippen molar-refractivity contribution in [2.45, 2.75) is 11.1 Å². The molecule has 106 valence electrons. The van der Waals surface area contributed by atoms with Gasteiger partial charge >= 0.3 is 10.1 Å². The van der Waals surface area contributed by atoms with Gasteiger partial charge < -0.3 is 9.50 Å². The molecule has 0 unspecified atom stereocenters. The Morgan fingerprint density at radius 1 is 1.25 bits per heavy atom. The van der Waals surface area contributed by atoms with Crippen LogP contribution in [0.2, 0.25) is 4.34 Å². The first-order valence-electron chi connectivity index (χ1n) is 5.45. The van der Waals surface area contributed by atoms with Gasteiger partial charge in [0.15, 0.2) is 9.96 Å². The molecule has 1 heterocycles. The molecule has 8 heteroatoms. The van der Waals surface area contributed by atoms with E-state index in [0.29, 0.717) is 4.34 Å². The van der Waals surface area contributed by atoms with Gasteiger partial charge in [-0.3, -0.25) is 4.79 Å². The minimum atomic E-state index is -3.97. The third-order valence-corrected chi connectivity index (χ3v) is 5.11. The fraction of sp³-hybridized carbons (Fsp3) is 0.0833. The van der Waals surface area contributed by atoms with Gasteiger partial charge in [0, 0.05) is 6.92 Å². The molecule has 20 heavy (non-hydrogen) atoms. The zero-order valence-corrected chi connectivity index (χ0v) is 12.7. The molecule has 0 atom stereocenters. The van der Waals surface area contributed by atoms with Crippen LogP contribution in [0, 0.1) is 0 Å². The molecule has 0 radical (unpaired) electrons. The molecule has 1 amide bonds. The van der Waals surface area contributed by atoms with Crippen LogP contribution in [0.25, 0.3) is 0 Å². The van der Waals surface area contributed by atoms with Crippen molar-refractivity contribution in [3.05, 3.63) is 40.7 Å². The molecule has 0 bridgehead atoms. The van der Waals surface area contributed by atoms with E-state index < -0.39 is 10.1 Å². The third-order valence-electron chi connectivity index (χ3n) is 2.19. The Kier molecular flexibility index (Phi) is 4.32. The Hall–Kier alpha value is -1.57. The number of para-hydroxylation sites is 2. The zero-order valence-electron chi connectivity index (χ0n) is 10.3. The number of nitrogens with one attached hydrogen (secondary N) is 1. The largest absolute Gasteiger partial charge is 0.376 e. The van der Waals surface area contributed by atoms with Crippen molar-refractivity contribution in [1.29, 1.82) is 0 Å². The summed E-state index contributed by atoms with van der Waals surface area (Å²) in [7, 11) is -3.97. The van der Waals surface area contributed by atoms with E-state index in [1.807, 2.05) is 0 Å². The molecule has 0 saturated heterocycles. The molecule has 0 aliphatic rings. The summed E-state index contributed by atoms with van der Waals surface area (Å²) in [5.41, 5.74) is 0.284. The van der Waals surface area contributed by atoms with Crippen LogP contribution >= 0.6 is 22.9 Å². The van der Waals surface area contributed by atoms with Crippen LogP contribution in [0.15, 0.2) is 40.6 Å². The standard InChI is InChI=1S/C12H10ClNO4S2/c1-8(15)14-9-4-2-3-5-10(9)18-20(16,17)12-7-6-11(13)19-12/h2-7H,1H3,(H,14,15). The van der Waals surface area contributed by atoms with Crippen molar-refractivity contribution < 1.29 is 17.4 Å². The number of anilines is 1. The van der Waals surface area contributed by atoms with Crippen molar-refractivity contribution in [2.24, 2.45) is 0 Å². The number of amides is 1. The zero-order chi connectivity index (χ0) is 14.8. The van der Waals surface area contributed by atoms with E-state index in [1.165, 1.54) is 25.1 Å². The second-order valence-corrected chi connectivity index (χ2v) is 7.26. The van der Waals surface area contributed by atoms with Crippen LogP contribution in [0.1, 0.15) is 6.92 Å². The molecule has 1 N–H and O–H groups in total. The number of carbonyl (C=O) groups excluding carboxylic acids is 1. The molecule has 0 aliphatic carbocycles. The van der Waals surface area contributed by atoms with Crippen LogP contribution in [0.5, 0.6) is 5.75 Å². The molecule has 0 saturated carbocycles. The minimum Gasteiger partial charge on any atom is -0.376 e. The summed E-state index contributed by atoms with van der Waals surface area (Å²) in [6.07, 6.45) is 0. The van der Waals surface area contributed by atoms with Gasteiger partial charge in [-0.1, -0.05) is 23.7 Å². The van der Waals surface area contributed by atoms with Crippen LogP contribution in [0.3, 0.4) is 0 Å². The Balaban J connectivity index is 2.32. The molecular formula is C12H10ClNO4S2. The molecule has 1 aromatic carbocycles. The molecule has 1 aromatic heterocycles. The van der Waals surface area contributed by atoms with Crippen molar-refractivity contribution in [2.75, 3.05) is 5.32 Å². The number of benzene rings is 1. The lowest BCUT2D eigenvalue weighted by Gasteiger charge is -2.10. The molecule has 0 fully saturated rings. The fourth-order valence-corrected chi connectivity index (χ4v) is 3.82. The van der Waals surface area contributed by atoms with Gasteiger partial charge in [0.2, 0.25) is 5.91 Å². The average molecular weight is 332 g/mol. The summed E-state index contributed by atoms with van der Waals surface area (Å²) >= 11 is 6.61. The highest BCUT2D eigenvalue weighted by atomic mass is 35.5. The summed E-state index contributed by atoms with van der Waals surface area (Å²) in [5, 5.41) is 2.50. The first-order valence-corrected chi connectivity index (χ1v) is 8.05. The van der Waals surface area contributed by atoms with Crippen LogP contribution in [-0.2, 0) is 14.9 Å². The Morgan fingerprint density at radius 3 is 2.55 bits per heavy atom.